The number of nitrogens with zero attached hydrogens (tertiary/aromatic N) is 5. The molecule has 9 aromatic carbocycles. The first-order valence-corrected chi connectivity index (χ1v) is 22.4. The number of aromatic nitrogens is 5. The van der Waals surface area contributed by atoms with Crippen molar-refractivity contribution in [3.05, 3.63) is 223 Å². The molecule has 312 valence electrons. The van der Waals surface area contributed by atoms with E-state index in [4.69, 9.17) is 19.7 Å². The summed E-state index contributed by atoms with van der Waals surface area (Å²) in [6.45, 7) is 4.66. The molecule has 3 aromatic heterocycles. The Morgan fingerprint density at radius 2 is 0.758 bits per heavy atom. The van der Waals surface area contributed by atoms with Crippen LogP contribution in [0.5, 0.6) is 11.5 Å². The highest BCUT2D eigenvalue weighted by Crippen LogP contribution is 2.52. The Morgan fingerprint density at radius 1 is 0.333 bits per heavy atom. The summed E-state index contributed by atoms with van der Waals surface area (Å²) >= 11 is 0. The maximum atomic E-state index is 7.10. The van der Waals surface area contributed by atoms with Gasteiger partial charge in [0.2, 0.25) is 0 Å². The molecule has 6 nitrogen and oxygen atoms in total. The zero-order valence-electron chi connectivity index (χ0n) is 36.4. The van der Waals surface area contributed by atoms with Crippen LogP contribution in [0.2, 0.25) is 0 Å². The van der Waals surface area contributed by atoms with Crippen LogP contribution in [0.1, 0.15) is 25.0 Å². The first kappa shape index (κ1) is 37.9. The molecular formula is C60H41N5O. The first-order chi connectivity index (χ1) is 32.5. The Labute approximate surface area is 381 Å². The Balaban J connectivity index is 0.964. The first-order valence-electron chi connectivity index (χ1n) is 22.4. The zero-order valence-corrected chi connectivity index (χ0v) is 36.4. The van der Waals surface area contributed by atoms with Crippen LogP contribution in [0, 0.1) is 0 Å². The van der Waals surface area contributed by atoms with Crippen LogP contribution in [0.3, 0.4) is 0 Å². The lowest BCUT2D eigenvalue weighted by Gasteiger charge is -2.35. The van der Waals surface area contributed by atoms with Gasteiger partial charge in [0.15, 0.2) is 17.5 Å². The monoisotopic (exact) mass is 847 g/mol. The average Bonchev–Trinajstić information content (AvgIpc) is 3.88. The summed E-state index contributed by atoms with van der Waals surface area (Å²) < 4.78 is 11.9. The molecule has 1 aliphatic heterocycles. The van der Waals surface area contributed by atoms with Crippen molar-refractivity contribution < 1.29 is 4.74 Å². The molecule has 0 unspecified atom stereocenters. The molecule has 0 spiro atoms. The maximum absolute atomic E-state index is 7.10. The summed E-state index contributed by atoms with van der Waals surface area (Å²) in [5.41, 5.74) is 13.7. The van der Waals surface area contributed by atoms with Crippen molar-refractivity contribution in [2.45, 2.75) is 19.3 Å². The fourth-order valence-electron chi connectivity index (χ4n) is 10.1. The predicted molar refractivity (Wildman–Crippen MR) is 269 cm³/mol. The van der Waals surface area contributed by atoms with Crippen LogP contribution in [0.4, 0.5) is 0 Å². The van der Waals surface area contributed by atoms with Crippen molar-refractivity contribution in [3.63, 3.8) is 0 Å². The van der Waals surface area contributed by atoms with Crippen molar-refractivity contribution in [3.8, 4) is 68.2 Å². The number of rotatable bonds is 6. The van der Waals surface area contributed by atoms with E-state index >= 15 is 0 Å². The van der Waals surface area contributed by atoms with E-state index in [0.29, 0.717) is 17.5 Å². The third-order valence-corrected chi connectivity index (χ3v) is 13.4. The van der Waals surface area contributed by atoms with E-state index in [-0.39, 0.29) is 0 Å². The minimum Gasteiger partial charge on any atom is -0.457 e. The van der Waals surface area contributed by atoms with Gasteiger partial charge in [0, 0.05) is 72.2 Å². The van der Waals surface area contributed by atoms with Gasteiger partial charge in [-0.05, 0) is 65.7 Å². The SMILES string of the molecule is CC1(C)c2cc3c4ccccc4n(-c4cccc(-c5ccccc5)c4)c3cc2Oc2cc3c4ccccc4n(-c4cccc(-c5nc(-c6ccccc6)nc(-c6ccccc6)n5)c4)c3cc21. The molecule has 0 radical (unpaired) electrons. The van der Waals surface area contributed by atoms with Crippen molar-refractivity contribution in [2.24, 2.45) is 0 Å². The second-order valence-corrected chi connectivity index (χ2v) is 17.7. The van der Waals surface area contributed by atoms with Crippen molar-refractivity contribution in [1.29, 1.82) is 0 Å². The quantitative estimate of drug-likeness (QED) is 0.167. The van der Waals surface area contributed by atoms with Gasteiger partial charge in [-0.1, -0.05) is 166 Å². The van der Waals surface area contributed by atoms with Crippen molar-refractivity contribution in [2.75, 3.05) is 0 Å². The molecule has 0 atom stereocenters. The molecule has 13 rings (SSSR count). The third-order valence-electron chi connectivity index (χ3n) is 13.4. The molecule has 0 bridgehead atoms. The van der Waals surface area contributed by atoms with Crippen LogP contribution < -0.4 is 4.74 Å². The Kier molecular flexibility index (Phi) is 8.46. The molecular weight excluding hydrogens is 807 g/mol. The fraction of sp³-hybridized carbons (Fsp3) is 0.0500. The lowest BCUT2D eigenvalue weighted by molar-refractivity contribution is 0.420. The Hall–Kier alpha value is -8.61. The van der Waals surface area contributed by atoms with Crippen LogP contribution in [0.15, 0.2) is 212 Å². The van der Waals surface area contributed by atoms with Gasteiger partial charge >= 0.3 is 0 Å². The number of hydrogen-bond donors (Lipinski definition) is 0. The summed E-state index contributed by atoms with van der Waals surface area (Å²) in [4.78, 5) is 15.1. The Morgan fingerprint density at radius 3 is 1.35 bits per heavy atom. The largest absolute Gasteiger partial charge is 0.457 e. The second kappa shape index (κ2) is 14.7. The zero-order chi connectivity index (χ0) is 43.9. The van der Waals surface area contributed by atoms with Crippen molar-refractivity contribution >= 4 is 43.6 Å². The van der Waals surface area contributed by atoms with E-state index in [2.05, 4.69) is 175 Å². The van der Waals surface area contributed by atoms with E-state index in [0.717, 1.165) is 83.5 Å². The number of ether oxygens (including phenoxy) is 1. The highest BCUT2D eigenvalue weighted by molar-refractivity contribution is 6.12. The summed E-state index contributed by atoms with van der Waals surface area (Å²) in [7, 11) is 0. The van der Waals surface area contributed by atoms with Crippen LogP contribution in [0.25, 0.3) is 100 Å². The Bertz CT molecular complexity index is 3810. The number of fused-ring (bicyclic) bond motifs is 8. The molecule has 0 aliphatic carbocycles. The minimum atomic E-state index is -0.391. The lowest BCUT2D eigenvalue weighted by atomic mass is 9.75. The molecule has 0 saturated carbocycles. The fourth-order valence-corrected chi connectivity index (χ4v) is 10.1. The van der Waals surface area contributed by atoms with E-state index in [1.165, 1.54) is 21.9 Å². The van der Waals surface area contributed by atoms with Gasteiger partial charge in [-0.15, -0.1) is 0 Å². The third kappa shape index (κ3) is 5.99. The molecule has 12 aromatic rings. The molecule has 66 heavy (non-hydrogen) atoms. The van der Waals surface area contributed by atoms with E-state index in [1.807, 2.05) is 60.7 Å². The molecule has 6 heteroatoms. The molecule has 4 heterocycles. The van der Waals surface area contributed by atoms with Gasteiger partial charge < -0.3 is 13.9 Å². The van der Waals surface area contributed by atoms with Crippen LogP contribution in [-0.2, 0) is 5.41 Å². The topological polar surface area (TPSA) is 57.8 Å². The van der Waals surface area contributed by atoms with Gasteiger partial charge in [0.25, 0.3) is 0 Å². The standard InChI is InChI=1S/C60H41N5O/c1-60(2)49-34-47-45-28-12-14-30-51(45)65(43-26-16-24-41(32-43)38-18-6-3-7-19-38)54(47)37-56(49)66-55-35-48-46-29-13-15-31-52(46)64(53(48)36-50(55)60)44-27-17-25-42(33-44)59-62-57(39-20-8-4-9-21-39)61-58(63-59)40-22-10-5-11-23-40/h3-37H,1-2H3. The van der Waals surface area contributed by atoms with Gasteiger partial charge in [-0.3, -0.25) is 0 Å². The van der Waals surface area contributed by atoms with Crippen molar-refractivity contribution in [1.82, 2.24) is 24.1 Å². The highest BCUT2D eigenvalue weighted by Gasteiger charge is 2.36. The maximum Gasteiger partial charge on any atom is 0.164 e. The summed E-state index contributed by atoms with van der Waals surface area (Å²) in [6.07, 6.45) is 0. The second-order valence-electron chi connectivity index (χ2n) is 17.7. The number of para-hydroxylation sites is 2. The highest BCUT2D eigenvalue weighted by atomic mass is 16.5. The van der Waals surface area contributed by atoms with E-state index < -0.39 is 5.41 Å². The normalized spacial score (nSPS) is 12.9. The summed E-state index contributed by atoms with van der Waals surface area (Å²) in [5.74, 6) is 3.63. The molecule has 1 aliphatic rings. The van der Waals surface area contributed by atoms with E-state index in [1.54, 1.807) is 0 Å². The minimum absolute atomic E-state index is 0.391. The average molecular weight is 848 g/mol. The molecule has 0 N–H and O–H groups in total. The van der Waals surface area contributed by atoms with Gasteiger partial charge in [-0.2, -0.15) is 0 Å². The number of hydrogen-bond acceptors (Lipinski definition) is 4. The van der Waals surface area contributed by atoms with E-state index in [9.17, 15) is 0 Å². The van der Waals surface area contributed by atoms with Gasteiger partial charge in [0.1, 0.15) is 11.5 Å². The lowest BCUT2D eigenvalue weighted by Crippen LogP contribution is -2.24. The summed E-state index contributed by atoms with van der Waals surface area (Å²) in [5, 5.41) is 4.69. The summed E-state index contributed by atoms with van der Waals surface area (Å²) in [6, 6.07) is 74.8. The smallest absolute Gasteiger partial charge is 0.164 e. The molecule has 0 fully saturated rings. The number of benzene rings is 9. The molecule has 0 saturated heterocycles. The molecule has 0 amide bonds. The van der Waals surface area contributed by atoms with Gasteiger partial charge in [-0.25, -0.2) is 15.0 Å². The predicted octanol–water partition coefficient (Wildman–Crippen LogP) is 15.2. The van der Waals surface area contributed by atoms with Crippen LogP contribution in [-0.4, -0.2) is 24.1 Å². The van der Waals surface area contributed by atoms with Crippen LogP contribution >= 0.6 is 0 Å². The van der Waals surface area contributed by atoms with Gasteiger partial charge in [0.05, 0.1) is 22.1 Å².